The lowest BCUT2D eigenvalue weighted by Gasteiger charge is -2.36. The van der Waals surface area contributed by atoms with Gasteiger partial charge >= 0.3 is 0 Å². The third kappa shape index (κ3) is 8.22. The minimum atomic E-state index is -0.613. The van der Waals surface area contributed by atoms with Crippen molar-refractivity contribution in [2.24, 2.45) is 0 Å². The van der Waals surface area contributed by atoms with Gasteiger partial charge in [-0.1, -0.05) is 201 Å². The Hall–Kier alpha value is -10.0. The van der Waals surface area contributed by atoms with Gasteiger partial charge in [-0.25, -0.2) is 0 Å². The van der Waals surface area contributed by atoms with E-state index >= 15 is 0 Å². The quantitative estimate of drug-likeness (QED) is 0.122. The predicted molar refractivity (Wildman–Crippen MR) is 308 cm³/mol. The Labute approximate surface area is 439 Å². The van der Waals surface area contributed by atoms with Crippen LogP contribution in [0.2, 0.25) is 0 Å². The highest BCUT2D eigenvalue weighted by Gasteiger charge is 2.47. The van der Waals surface area contributed by atoms with Crippen molar-refractivity contribution in [1.82, 2.24) is 0 Å². The van der Waals surface area contributed by atoms with Gasteiger partial charge < -0.3 is 9.80 Å². The zero-order valence-electron chi connectivity index (χ0n) is 41.5. The molecule has 0 aromatic heterocycles. The van der Waals surface area contributed by atoms with E-state index in [0.717, 1.165) is 85.1 Å². The fourth-order valence-corrected chi connectivity index (χ4v) is 11.3. The van der Waals surface area contributed by atoms with E-state index < -0.39 is 5.41 Å². The lowest BCUT2D eigenvalue weighted by molar-refractivity contribution is 0.768. The Kier molecular flexibility index (Phi) is 12.2. The smallest absolute Gasteiger partial charge is 0.0991 e. The van der Waals surface area contributed by atoms with Crippen molar-refractivity contribution in [2.45, 2.75) is 18.8 Å². The summed E-state index contributed by atoms with van der Waals surface area (Å²) in [5.41, 5.74) is 21.0. The van der Waals surface area contributed by atoms with Crippen LogP contribution in [-0.4, -0.2) is 0 Å². The predicted octanol–water partition coefficient (Wildman–Crippen LogP) is 18.3. The zero-order valence-corrected chi connectivity index (χ0v) is 41.5. The number of fused-ring (bicyclic) bond motifs is 3. The number of benzene rings is 11. The summed E-state index contributed by atoms with van der Waals surface area (Å²) in [5.74, 6) is 0. The molecule has 0 saturated heterocycles. The monoisotopic (exact) mass is 958 g/mol. The van der Waals surface area contributed by atoms with Crippen molar-refractivity contribution >= 4 is 34.1 Å². The molecular formula is C71H50N4. The van der Waals surface area contributed by atoms with E-state index in [-0.39, 0.29) is 0 Å². The number of para-hydroxylation sites is 1. The first-order chi connectivity index (χ1) is 37.1. The molecule has 0 radical (unpaired) electrons. The van der Waals surface area contributed by atoms with E-state index in [9.17, 15) is 10.5 Å². The van der Waals surface area contributed by atoms with Crippen LogP contribution in [0.4, 0.5) is 34.1 Å². The minimum absolute atomic E-state index is 0.574. The fourth-order valence-electron chi connectivity index (χ4n) is 11.3. The van der Waals surface area contributed by atoms with Crippen molar-refractivity contribution in [1.29, 1.82) is 10.5 Å². The minimum Gasteiger partial charge on any atom is -0.310 e. The molecule has 0 amide bonds. The maximum Gasteiger partial charge on any atom is 0.0991 e. The number of nitrogens with zero attached hydrogens (tertiary/aromatic N) is 4. The largest absolute Gasteiger partial charge is 0.310 e. The van der Waals surface area contributed by atoms with Gasteiger partial charge in [-0.2, -0.15) is 10.5 Å². The summed E-state index contributed by atoms with van der Waals surface area (Å²) in [4.78, 5) is 4.85. The highest BCUT2D eigenvalue weighted by molar-refractivity contribution is 6.03. The van der Waals surface area contributed by atoms with Crippen molar-refractivity contribution in [3.63, 3.8) is 0 Å². The van der Waals surface area contributed by atoms with E-state index in [1.165, 1.54) is 27.8 Å². The van der Waals surface area contributed by atoms with Crippen molar-refractivity contribution < 1.29 is 0 Å². The zero-order chi connectivity index (χ0) is 50.7. The number of hydrogen-bond acceptors (Lipinski definition) is 4. The summed E-state index contributed by atoms with van der Waals surface area (Å²) < 4.78 is 0. The summed E-state index contributed by atoms with van der Waals surface area (Å²) in [6, 6.07) is 102. The van der Waals surface area contributed by atoms with E-state index in [1.54, 1.807) is 0 Å². The second-order valence-electron chi connectivity index (χ2n) is 18.9. The first kappa shape index (κ1) is 46.1. The number of aryl methyl sites for hydroxylation is 1. The molecule has 0 N–H and O–H groups in total. The van der Waals surface area contributed by atoms with E-state index in [0.29, 0.717) is 11.1 Å². The molecule has 4 nitrogen and oxygen atoms in total. The van der Waals surface area contributed by atoms with Crippen LogP contribution in [0, 0.1) is 22.7 Å². The van der Waals surface area contributed by atoms with Gasteiger partial charge in [0.25, 0.3) is 0 Å². The van der Waals surface area contributed by atoms with Crippen LogP contribution in [0.15, 0.2) is 273 Å². The Morgan fingerprint density at radius 1 is 0.347 bits per heavy atom. The van der Waals surface area contributed by atoms with Crippen LogP contribution >= 0.6 is 0 Å². The van der Waals surface area contributed by atoms with Crippen LogP contribution in [0.5, 0.6) is 0 Å². The van der Waals surface area contributed by atoms with Crippen molar-refractivity contribution in [3.05, 3.63) is 312 Å². The molecule has 0 saturated carbocycles. The molecule has 0 unspecified atom stereocenters. The van der Waals surface area contributed by atoms with Gasteiger partial charge in [0.05, 0.1) is 45.7 Å². The Balaban J connectivity index is 1.17. The van der Waals surface area contributed by atoms with Crippen LogP contribution in [-0.2, 0) is 11.8 Å². The third-order valence-corrected chi connectivity index (χ3v) is 14.7. The second-order valence-corrected chi connectivity index (χ2v) is 18.9. The van der Waals surface area contributed by atoms with Crippen molar-refractivity contribution in [2.75, 3.05) is 9.80 Å². The van der Waals surface area contributed by atoms with Gasteiger partial charge in [-0.3, -0.25) is 0 Å². The molecule has 1 aliphatic carbocycles. The number of hydrogen-bond donors (Lipinski definition) is 0. The lowest BCUT2D eigenvalue weighted by atomic mass is 9.68. The van der Waals surface area contributed by atoms with E-state index in [1.807, 2.05) is 42.5 Å². The summed E-state index contributed by atoms with van der Waals surface area (Å²) in [6.07, 6.45) is 0.761. The van der Waals surface area contributed by atoms with Crippen molar-refractivity contribution in [3.8, 4) is 56.6 Å². The summed E-state index contributed by atoms with van der Waals surface area (Å²) >= 11 is 0. The van der Waals surface area contributed by atoms with Crippen LogP contribution in [0.3, 0.4) is 0 Å². The molecule has 0 spiro atoms. The van der Waals surface area contributed by atoms with E-state index in [4.69, 9.17) is 0 Å². The molecule has 0 aliphatic heterocycles. The van der Waals surface area contributed by atoms with Crippen LogP contribution < -0.4 is 9.80 Å². The third-order valence-electron chi connectivity index (χ3n) is 14.7. The highest BCUT2D eigenvalue weighted by atomic mass is 15.2. The number of rotatable bonds is 12. The Morgan fingerprint density at radius 2 is 0.840 bits per heavy atom. The number of anilines is 6. The van der Waals surface area contributed by atoms with Gasteiger partial charge in [-0.05, 0) is 146 Å². The first-order valence-corrected chi connectivity index (χ1v) is 25.5. The molecule has 11 aromatic carbocycles. The SMILES string of the molecule is CCc1cc(N(c2ccc(-c3ccc(C#N)cc3)cc2)c2cccc(-c3ccccc3)c2)c(-c2cccc(C#N)c2)c(N(c2ccccc2)c2cccc3c2-c2ccccc2C3(c2ccccc2)c2ccccc2)c1. The van der Waals surface area contributed by atoms with Gasteiger partial charge in [0.2, 0.25) is 0 Å². The van der Waals surface area contributed by atoms with Crippen LogP contribution in [0.1, 0.15) is 45.9 Å². The van der Waals surface area contributed by atoms with Gasteiger partial charge in [0.15, 0.2) is 0 Å². The Morgan fingerprint density at radius 3 is 1.49 bits per heavy atom. The molecule has 0 atom stereocenters. The summed E-state index contributed by atoms with van der Waals surface area (Å²) in [5, 5.41) is 20.2. The van der Waals surface area contributed by atoms with Gasteiger partial charge in [-0.15, -0.1) is 0 Å². The molecule has 75 heavy (non-hydrogen) atoms. The molecule has 11 aromatic rings. The fraction of sp³-hybridized carbons (Fsp3) is 0.0423. The average Bonchev–Trinajstić information content (AvgIpc) is 3.99. The molecule has 4 heteroatoms. The second kappa shape index (κ2) is 19.9. The molecular weight excluding hydrogens is 909 g/mol. The van der Waals surface area contributed by atoms with E-state index in [2.05, 4.69) is 259 Å². The normalized spacial score (nSPS) is 11.9. The lowest BCUT2D eigenvalue weighted by Crippen LogP contribution is -2.28. The standard InChI is InChI=1S/C71H50N4/c1-2-50-45-67(74(62-31-18-23-56(47-62)53-21-7-3-8-22-53)61-42-40-55(41-43-61)54-38-36-51(48-72)37-39-54)69(57-24-17-20-52(44-57)49-73)68(46-50)75(60-29-13-6-14-30-60)66-35-19-34-65-70(66)63-32-15-16-33-64(63)71(65,58-25-9-4-10-26-58)59-27-11-5-12-28-59/h3-47H,2H2,1H3. The van der Waals surface area contributed by atoms with Gasteiger partial charge in [0, 0.05) is 28.2 Å². The summed E-state index contributed by atoms with van der Waals surface area (Å²) in [7, 11) is 0. The molecule has 0 heterocycles. The topological polar surface area (TPSA) is 54.1 Å². The maximum atomic E-state index is 10.6. The van der Waals surface area contributed by atoms with Gasteiger partial charge in [0.1, 0.15) is 0 Å². The van der Waals surface area contributed by atoms with Crippen LogP contribution in [0.25, 0.3) is 44.5 Å². The summed E-state index contributed by atoms with van der Waals surface area (Å²) in [6.45, 7) is 2.23. The highest BCUT2D eigenvalue weighted by Crippen LogP contribution is 2.60. The number of nitriles is 2. The average molecular weight is 959 g/mol. The molecule has 12 rings (SSSR count). The molecule has 354 valence electrons. The Bertz CT molecular complexity index is 3890. The molecule has 0 bridgehead atoms. The first-order valence-electron chi connectivity index (χ1n) is 25.5. The molecule has 1 aliphatic rings. The maximum absolute atomic E-state index is 10.6. The molecule has 0 fully saturated rings.